The third-order valence-electron chi connectivity index (χ3n) is 1.41. The maximum atomic E-state index is 9.04. The van der Waals surface area contributed by atoms with E-state index in [2.05, 4.69) is 47.8 Å². The predicted molar refractivity (Wildman–Crippen MR) is 59.9 cm³/mol. The minimum Gasteiger partial charge on any atom is -0.381 e. The Bertz CT molecular complexity index is 87.8. The second kappa shape index (κ2) is 8.02. The largest absolute Gasteiger partial charge is 0.381 e. The van der Waals surface area contributed by atoms with Crippen LogP contribution in [0.25, 0.3) is 0 Å². The van der Waals surface area contributed by atoms with Crippen LogP contribution >= 0.6 is 47.8 Å². The van der Waals surface area contributed by atoms with Crippen molar-refractivity contribution in [2.75, 3.05) is 5.33 Å². The molecule has 1 nitrogen and oxygen atoms in total. The molecule has 0 radical (unpaired) electrons. The first-order chi connectivity index (χ1) is 5.18. The highest BCUT2D eigenvalue weighted by Crippen LogP contribution is 2.18. The lowest BCUT2D eigenvalue weighted by atomic mass is 10.2. The Morgan fingerprint density at radius 1 is 1.09 bits per heavy atom. The highest BCUT2D eigenvalue weighted by molar-refractivity contribution is 9.12. The molecule has 0 aromatic carbocycles. The summed E-state index contributed by atoms with van der Waals surface area (Å²) in [4.78, 5) is 0.192. The molecule has 0 amide bonds. The number of rotatable bonds is 6. The summed E-state index contributed by atoms with van der Waals surface area (Å²) in [6, 6.07) is 0. The Morgan fingerprint density at radius 2 is 1.73 bits per heavy atom. The van der Waals surface area contributed by atoms with Gasteiger partial charge in [-0.05, 0) is 12.8 Å². The number of alkyl halides is 3. The van der Waals surface area contributed by atoms with Crippen LogP contribution in [0.4, 0.5) is 0 Å². The molecule has 2 atom stereocenters. The second-order valence-corrected chi connectivity index (χ2v) is 5.33. The lowest BCUT2D eigenvalue weighted by Gasteiger charge is -2.10. The molecule has 0 aromatic heterocycles. The van der Waals surface area contributed by atoms with Crippen molar-refractivity contribution in [2.45, 2.75) is 35.5 Å². The van der Waals surface area contributed by atoms with Crippen LogP contribution in [0.3, 0.4) is 0 Å². The molecule has 68 valence electrons. The van der Waals surface area contributed by atoms with Gasteiger partial charge in [-0.15, -0.1) is 0 Å². The normalized spacial score (nSPS) is 16.4. The second-order valence-electron chi connectivity index (χ2n) is 2.43. The van der Waals surface area contributed by atoms with E-state index in [1.165, 1.54) is 19.3 Å². The van der Waals surface area contributed by atoms with E-state index in [1.54, 1.807) is 0 Å². The first kappa shape index (κ1) is 12.4. The van der Waals surface area contributed by atoms with Crippen LogP contribution in [0.2, 0.25) is 0 Å². The monoisotopic (exact) mass is 350 g/mol. The highest BCUT2D eigenvalue weighted by atomic mass is 79.9. The SMILES string of the molecule is OC(Br)C(Br)CCCCCBr. The van der Waals surface area contributed by atoms with E-state index in [-0.39, 0.29) is 4.83 Å². The Kier molecular flexibility index (Phi) is 9.04. The quantitative estimate of drug-likeness (QED) is 0.573. The zero-order chi connectivity index (χ0) is 8.69. The predicted octanol–water partition coefficient (Wildman–Crippen LogP) is 3.42. The summed E-state index contributed by atoms with van der Waals surface area (Å²) >= 11 is 9.87. The van der Waals surface area contributed by atoms with Crippen LogP contribution in [0.5, 0.6) is 0 Å². The van der Waals surface area contributed by atoms with Gasteiger partial charge < -0.3 is 5.11 Å². The fourth-order valence-corrected chi connectivity index (χ4v) is 1.73. The molecule has 0 rings (SSSR count). The molecule has 0 aliphatic heterocycles. The van der Waals surface area contributed by atoms with Gasteiger partial charge in [0.2, 0.25) is 0 Å². The molecule has 0 fully saturated rings. The molecule has 0 aromatic rings. The van der Waals surface area contributed by atoms with Crippen molar-refractivity contribution in [1.29, 1.82) is 0 Å². The first-order valence-corrected chi connectivity index (χ1v) is 6.66. The van der Waals surface area contributed by atoms with Crippen molar-refractivity contribution in [2.24, 2.45) is 0 Å². The van der Waals surface area contributed by atoms with Gasteiger partial charge in [-0.1, -0.05) is 60.6 Å². The van der Waals surface area contributed by atoms with Gasteiger partial charge in [-0.3, -0.25) is 0 Å². The number of hydrogen-bond donors (Lipinski definition) is 1. The third-order valence-corrected chi connectivity index (χ3v) is 4.28. The average molecular weight is 353 g/mol. The van der Waals surface area contributed by atoms with Crippen molar-refractivity contribution in [3.05, 3.63) is 0 Å². The summed E-state index contributed by atoms with van der Waals surface area (Å²) in [6.45, 7) is 0. The molecule has 0 saturated carbocycles. The molecule has 1 N–H and O–H groups in total. The van der Waals surface area contributed by atoms with Crippen LogP contribution in [0.1, 0.15) is 25.7 Å². The number of unbranched alkanes of at least 4 members (excludes halogenated alkanes) is 2. The fourth-order valence-electron chi connectivity index (χ4n) is 0.748. The molecular formula is C7H13Br3O. The van der Waals surface area contributed by atoms with Crippen molar-refractivity contribution in [3.8, 4) is 0 Å². The van der Waals surface area contributed by atoms with Gasteiger partial charge in [0.25, 0.3) is 0 Å². The van der Waals surface area contributed by atoms with E-state index in [9.17, 15) is 0 Å². The topological polar surface area (TPSA) is 20.2 Å². The van der Waals surface area contributed by atoms with Crippen LogP contribution in [-0.4, -0.2) is 20.3 Å². The van der Waals surface area contributed by atoms with Crippen LogP contribution in [-0.2, 0) is 0 Å². The van der Waals surface area contributed by atoms with Gasteiger partial charge >= 0.3 is 0 Å². The molecule has 4 heteroatoms. The minimum absolute atomic E-state index is 0.192. The Labute approximate surface area is 93.3 Å². The van der Waals surface area contributed by atoms with E-state index in [0.717, 1.165) is 11.8 Å². The van der Waals surface area contributed by atoms with Crippen LogP contribution in [0.15, 0.2) is 0 Å². The summed E-state index contributed by atoms with van der Waals surface area (Å²) in [5.41, 5.74) is 0. The lowest BCUT2D eigenvalue weighted by molar-refractivity contribution is 0.262. The average Bonchev–Trinajstić information content (AvgIpc) is 1.97. The number of aliphatic hydroxyl groups excluding tert-OH is 1. The zero-order valence-electron chi connectivity index (χ0n) is 6.27. The van der Waals surface area contributed by atoms with E-state index in [4.69, 9.17) is 5.11 Å². The molecule has 2 unspecified atom stereocenters. The maximum absolute atomic E-state index is 9.04. The molecule has 0 aliphatic rings. The van der Waals surface area contributed by atoms with Gasteiger partial charge in [0.05, 0.1) is 4.83 Å². The summed E-state index contributed by atoms with van der Waals surface area (Å²) in [7, 11) is 0. The highest BCUT2D eigenvalue weighted by Gasteiger charge is 2.10. The van der Waals surface area contributed by atoms with Gasteiger partial charge in [-0.25, -0.2) is 0 Å². The molecular weight excluding hydrogens is 340 g/mol. The molecule has 0 heterocycles. The molecule has 0 saturated heterocycles. The van der Waals surface area contributed by atoms with Gasteiger partial charge in [0, 0.05) is 5.33 Å². The Morgan fingerprint density at radius 3 is 2.18 bits per heavy atom. The van der Waals surface area contributed by atoms with Crippen molar-refractivity contribution in [3.63, 3.8) is 0 Å². The van der Waals surface area contributed by atoms with Crippen molar-refractivity contribution < 1.29 is 5.11 Å². The summed E-state index contributed by atoms with van der Waals surface area (Å²) < 4.78 is 0. The fraction of sp³-hybridized carbons (Fsp3) is 1.00. The van der Waals surface area contributed by atoms with Gasteiger partial charge in [0.1, 0.15) is 5.01 Å². The zero-order valence-corrected chi connectivity index (χ0v) is 11.0. The van der Waals surface area contributed by atoms with E-state index < -0.39 is 5.01 Å². The smallest absolute Gasteiger partial charge is 0.121 e. The van der Waals surface area contributed by atoms with E-state index >= 15 is 0 Å². The van der Waals surface area contributed by atoms with E-state index in [0.29, 0.717) is 0 Å². The molecule has 0 spiro atoms. The Hall–Kier alpha value is 1.40. The number of aliphatic hydroxyl groups is 1. The summed E-state index contributed by atoms with van der Waals surface area (Å²) in [6.07, 6.45) is 4.65. The van der Waals surface area contributed by atoms with Crippen molar-refractivity contribution in [1.82, 2.24) is 0 Å². The first-order valence-electron chi connectivity index (χ1n) is 3.70. The molecule has 0 aliphatic carbocycles. The van der Waals surface area contributed by atoms with E-state index in [1.807, 2.05) is 0 Å². The van der Waals surface area contributed by atoms with Crippen molar-refractivity contribution >= 4 is 47.8 Å². The van der Waals surface area contributed by atoms with Crippen LogP contribution < -0.4 is 0 Å². The summed E-state index contributed by atoms with van der Waals surface area (Å²) in [5, 5.41) is 9.71. The molecule has 0 bridgehead atoms. The standard InChI is InChI=1S/C7H13Br3O/c8-5-3-1-2-4-6(9)7(10)11/h6-7,11H,1-5H2. The minimum atomic E-state index is -0.411. The lowest BCUT2D eigenvalue weighted by Crippen LogP contribution is -2.12. The van der Waals surface area contributed by atoms with Gasteiger partial charge in [-0.2, -0.15) is 0 Å². The maximum Gasteiger partial charge on any atom is 0.121 e. The summed E-state index contributed by atoms with van der Waals surface area (Å²) in [5.74, 6) is 0. The Balaban J connectivity index is 3.10. The number of halogens is 3. The third kappa shape index (κ3) is 7.75. The van der Waals surface area contributed by atoms with Gasteiger partial charge in [0.15, 0.2) is 0 Å². The molecule has 11 heavy (non-hydrogen) atoms. The van der Waals surface area contributed by atoms with Crippen LogP contribution in [0, 0.1) is 0 Å². The number of hydrogen-bond acceptors (Lipinski definition) is 1.